The van der Waals surface area contributed by atoms with Crippen molar-refractivity contribution in [2.45, 2.75) is 13.3 Å². The molecule has 0 aromatic heterocycles. The highest BCUT2D eigenvalue weighted by molar-refractivity contribution is 5.97. The van der Waals surface area contributed by atoms with Crippen molar-refractivity contribution in [1.82, 2.24) is 5.32 Å². The van der Waals surface area contributed by atoms with Crippen molar-refractivity contribution in [3.05, 3.63) is 71.4 Å². The molecule has 4 N–H and O–H groups in total. The number of carbonyl (C=O) groups is 1. The molecule has 0 radical (unpaired) electrons. The number of benzene rings is 2. The summed E-state index contributed by atoms with van der Waals surface area (Å²) in [5.41, 5.74) is 9.29. The van der Waals surface area contributed by atoms with Crippen LogP contribution in [0.2, 0.25) is 0 Å². The van der Waals surface area contributed by atoms with E-state index in [0.717, 1.165) is 11.1 Å². The molecule has 0 bridgehead atoms. The summed E-state index contributed by atoms with van der Waals surface area (Å²) in [6.07, 6.45) is 2.09. The third-order valence-electron chi connectivity index (χ3n) is 3.49. The van der Waals surface area contributed by atoms with E-state index >= 15 is 0 Å². The fourth-order valence-corrected chi connectivity index (χ4v) is 2.17. The zero-order chi connectivity index (χ0) is 17.4. The number of hydrogen-bond acceptors (Lipinski definition) is 4. The van der Waals surface area contributed by atoms with Gasteiger partial charge in [-0.05, 0) is 36.6 Å². The topological polar surface area (TPSA) is 90.9 Å². The van der Waals surface area contributed by atoms with Crippen LogP contribution in [0.15, 0.2) is 60.3 Å². The highest BCUT2D eigenvalue weighted by Gasteiger charge is 2.08. The lowest BCUT2D eigenvalue weighted by atomic mass is 10.1. The van der Waals surface area contributed by atoms with Gasteiger partial charge in [0.1, 0.15) is 11.6 Å². The van der Waals surface area contributed by atoms with Gasteiger partial charge < -0.3 is 16.4 Å². The SMILES string of the molecule is Cc1ccc(N/C=C(/C#N)C(=O)NCCc2ccccc2)c(N)c1. The Hall–Kier alpha value is -3.26. The molecule has 0 heterocycles. The van der Waals surface area contributed by atoms with E-state index < -0.39 is 5.91 Å². The molecule has 0 saturated carbocycles. The predicted molar refractivity (Wildman–Crippen MR) is 96.1 cm³/mol. The number of amides is 1. The third kappa shape index (κ3) is 4.89. The van der Waals surface area contributed by atoms with E-state index in [2.05, 4.69) is 10.6 Å². The van der Waals surface area contributed by atoms with Gasteiger partial charge in [-0.3, -0.25) is 4.79 Å². The van der Waals surface area contributed by atoms with Crippen molar-refractivity contribution in [3.63, 3.8) is 0 Å². The van der Waals surface area contributed by atoms with E-state index in [9.17, 15) is 4.79 Å². The van der Waals surface area contributed by atoms with Crippen LogP contribution in [-0.4, -0.2) is 12.5 Å². The van der Waals surface area contributed by atoms with Crippen LogP contribution in [0.3, 0.4) is 0 Å². The number of hydrogen-bond donors (Lipinski definition) is 3. The van der Waals surface area contributed by atoms with E-state index in [1.807, 2.05) is 61.5 Å². The summed E-state index contributed by atoms with van der Waals surface area (Å²) in [7, 11) is 0. The van der Waals surface area contributed by atoms with E-state index in [1.165, 1.54) is 6.20 Å². The predicted octanol–water partition coefficient (Wildman–Crippen LogP) is 2.76. The Labute approximate surface area is 141 Å². The summed E-state index contributed by atoms with van der Waals surface area (Å²) in [6.45, 7) is 2.41. The molecule has 2 aromatic carbocycles. The number of nitrogens with zero attached hydrogens (tertiary/aromatic N) is 1. The van der Waals surface area contributed by atoms with Gasteiger partial charge in [0, 0.05) is 12.7 Å². The standard InChI is InChI=1S/C19H20N4O/c1-14-7-8-18(17(21)11-14)23-13-16(12-20)19(24)22-10-9-15-5-3-2-4-6-15/h2-8,11,13,23H,9-10,21H2,1H3,(H,22,24)/b16-13-. The van der Waals surface area contributed by atoms with E-state index in [4.69, 9.17) is 11.0 Å². The largest absolute Gasteiger partial charge is 0.397 e. The molecular weight excluding hydrogens is 300 g/mol. The number of nitrogens with two attached hydrogens (primary N) is 1. The number of carbonyl (C=O) groups excluding carboxylic acids is 1. The van der Waals surface area contributed by atoms with Gasteiger partial charge in [-0.15, -0.1) is 0 Å². The molecule has 2 rings (SSSR count). The molecule has 5 heteroatoms. The van der Waals surface area contributed by atoms with Gasteiger partial charge >= 0.3 is 0 Å². The number of nitrogen functional groups attached to an aromatic ring is 1. The maximum Gasteiger partial charge on any atom is 0.263 e. The first-order chi connectivity index (χ1) is 11.6. The van der Waals surface area contributed by atoms with Crippen LogP contribution in [0.25, 0.3) is 0 Å². The first kappa shape index (κ1) is 17.1. The number of anilines is 2. The minimum atomic E-state index is -0.411. The minimum Gasteiger partial charge on any atom is -0.397 e. The molecule has 0 atom stereocenters. The van der Waals surface area contributed by atoms with Crippen LogP contribution in [0, 0.1) is 18.3 Å². The van der Waals surface area contributed by atoms with Crippen LogP contribution in [-0.2, 0) is 11.2 Å². The zero-order valence-electron chi connectivity index (χ0n) is 13.5. The molecule has 0 spiro atoms. The Kier molecular flexibility index (Phi) is 5.98. The van der Waals surface area contributed by atoms with Gasteiger partial charge in [-0.2, -0.15) is 5.26 Å². The Morgan fingerprint density at radius 1 is 1.25 bits per heavy atom. The smallest absolute Gasteiger partial charge is 0.263 e. The molecule has 5 nitrogen and oxygen atoms in total. The van der Waals surface area contributed by atoms with E-state index in [1.54, 1.807) is 0 Å². The summed E-state index contributed by atoms with van der Waals surface area (Å²) in [5, 5.41) is 14.8. The Morgan fingerprint density at radius 2 is 2.00 bits per heavy atom. The number of rotatable bonds is 6. The highest BCUT2D eigenvalue weighted by atomic mass is 16.1. The maximum absolute atomic E-state index is 12.1. The van der Waals surface area contributed by atoms with Crippen LogP contribution in [0.4, 0.5) is 11.4 Å². The summed E-state index contributed by atoms with van der Waals surface area (Å²) in [4.78, 5) is 12.1. The number of nitrogens with one attached hydrogen (secondary N) is 2. The monoisotopic (exact) mass is 320 g/mol. The van der Waals surface area contributed by atoms with Crippen molar-refractivity contribution in [2.75, 3.05) is 17.6 Å². The Balaban J connectivity index is 1.92. The lowest BCUT2D eigenvalue weighted by molar-refractivity contribution is -0.117. The summed E-state index contributed by atoms with van der Waals surface area (Å²) in [5.74, 6) is -0.411. The van der Waals surface area contributed by atoms with Gasteiger partial charge in [0.25, 0.3) is 5.91 Å². The fourth-order valence-electron chi connectivity index (χ4n) is 2.17. The van der Waals surface area contributed by atoms with Crippen molar-refractivity contribution in [1.29, 1.82) is 5.26 Å². The normalized spacial score (nSPS) is 10.8. The van der Waals surface area contributed by atoms with Gasteiger partial charge in [-0.1, -0.05) is 36.4 Å². The van der Waals surface area contributed by atoms with Gasteiger partial charge in [0.2, 0.25) is 0 Å². The van der Waals surface area contributed by atoms with Crippen LogP contribution in [0.1, 0.15) is 11.1 Å². The number of aryl methyl sites for hydroxylation is 1. The lowest BCUT2D eigenvalue weighted by Gasteiger charge is -2.08. The minimum absolute atomic E-state index is 0.00281. The molecule has 2 aromatic rings. The second kappa shape index (κ2) is 8.39. The first-order valence-corrected chi connectivity index (χ1v) is 7.65. The van der Waals surface area contributed by atoms with Gasteiger partial charge in [0.15, 0.2) is 0 Å². The summed E-state index contributed by atoms with van der Waals surface area (Å²) in [6, 6.07) is 17.3. The number of nitriles is 1. The second-order valence-electron chi connectivity index (χ2n) is 5.40. The van der Waals surface area contributed by atoms with Gasteiger partial charge in [-0.25, -0.2) is 0 Å². The lowest BCUT2D eigenvalue weighted by Crippen LogP contribution is -2.27. The molecule has 0 saturated heterocycles. The average Bonchev–Trinajstić information content (AvgIpc) is 2.58. The van der Waals surface area contributed by atoms with E-state index in [0.29, 0.717) is 24.3 Å². The van der Waals surface area contributed by atoms with Crippen LogP contribution >= 0.6 is 0 Å². The molecule has 0 aliphatic rings. The maximum atomic E-state index is 12.1. The Bertz CT molecular complexity index is 776. The van der Waals surface area contributed by atoms with E-state index in [-0.39, 0.29) is 5.57 Å². The molecule has 122 valence electrons. The summed E-state index contributed by atoms with van der Waals surface area (Å²) >= 11 is 0. The van der Waals surface area contributed by atoms with Crippen molar-refractivity contribution in [3.8, 4) is 6.07 Å². The molecule has 0 aliphatic carbocycles. The molecule has 1 amide bonds. The van der Waals surface area contributed by atoms with Gasteiger partial charge in [0.05, 0.1) is 11.4 Å². The van der Waals surface area contributed by atoms with Crippen molar-refractivity contribution >= 4 is 17.3 Å². The molecule has 0 unspecified atom stereocenters. The third-order valence-corrected chi connectivity index (χ3v) is 3.49. The van der Waals surface area contributed by atoms with Crippen molar-refractivity contribution < 1.29 is 4.79 Å². The summed E-state index contributed by atoms with van der Waals surface area (Å²) < 4.78 is 0. The average molecular weight is 320 g/mol. The molecule has 0 fully saturated rings. The van der Waals surface area contributed by atoms with Crippen molar-refractivity contribution in [2.24, 2.45) is 0 Å². The quantitative estimate of drug-likeness (QED) is 0.433. The highest BCUT2D eigenvalue weighted by Crippen LogP contribution is 2.19. The van der Waals surface area contributed by atoms with Crippen LogP contribution < -0.4 is 16.4 Å². The molecule has 24 heavy (non-hydrogen) atoms. The van der Waals surface area contributed by atoms with Crippen LogP contribution in [0.5, 0.6) is 0 Å². The fraction of sp³-hybridized carbons (Fsp3) is 0.158. The Morgan fingerprint density at radius 3 is 2.67 bits per heavy atom. The zero-order valence-corrected chi connectivity index (χ0v) is 13.5. The molecular formula is C19H20N4O. The second-order valence-corrected chi connectivity index (χ2v) is 5.40. The molecule has 0 aliphatic heterocycles. The first-order valence-electron chi connectivity index (χ1n) is 7.65.